The lowest BCUT2D eigenvalue weighted by Crippen LogP contribution is -2.24. The van der Waals surface area contributed by atoms with Crippen LogP contribution >= 0.6 is 12.2 Å². The maximum Gasteiger partial charge on any atom is 0.251 e. The van der Waals surface area contributed by atoms with Crippen molar-refractivity contribution < 1.29 is 9.53 Å². The highest BCUT2D eigenvalue weighted by Gasteiger charge is 2.15. The standard InChI is InChI=1S/C26H32N6O2S/c1-15-7-8-19(23(9-15)34-6)13-30-26(33)17(3)10-21(28)20(12-27)18(4)25-31-22(14-32(25)5)16(2)11-24(29)35/h7-12,14,27H,3,13,28H2,1-2,4-6H3,(H2,29,35)(H,30,33)/b16-11+,20-18+,21-10+,27-12?. The van der Waals surface area contributed by atoms with Crippen LogP contribution in [0.5, 0.6) is 5.75 Å². The number of amides is 1. The summed E-state index contributed by atoms with van der Waals surface area (Å²) in [7, 11) is 3.43. The van der Waals surface area contributed by atoms with Crippen molar-refractivity contribution in [1.29, 1.82) is 5.41 Å². The topological polar surface area (TPSA) is 132 Å². The molecule has 1 aromatic heterocycles. The molecule has 184 valence electrons. The first-order valence-electron chi connectivity index (χ1n) is 10.8. The molecule has 1 aromatic carbocycles. The lowest BCUT2D eigenvalue weighted by molar-refractivity contribution is -0.117. The fourth-order valence-corrected chi connectivity index (χ4v) is 3.62. The van der Waals surface area contributed by atoms with Crippen molar-refractivity contribution in [2.45, 2.75) is 27.3 Å². The summed E-state index contributed by atoms with van der Waals surface area (Å²) in [5.74, 6) is 0.936. The fraction of sp³-hybridized carbons (Fsp3) is 0.231. The minimum absolute atomic E-state index is 0.163. The third kappa shape index (κ3) is 7.00. The number of carbonyl (C=O) groups excluding carboxylic acids is 1. The molecular weight excluding hydrogens is 460 g/mol. The van der Waals surface area contributed by atoms with Gasteiger partial charge in [-0.25, -0.2) is 4.98 Å². The Kier molecular flexibility index (Phi) is 9.30. The number of thiocarbonyl (C=S) groups is 1. The van der Waals surface area contributed by atoms with Crippen LogP contribution in [0.1, 0.15) is 36.5 Å². The second kappa shape index (κ2) is 11.9. The summed E-state index contributed by atoms with van der Waals surface area (Å²) < 4.78 is 7.21. The second-order valence-corrected chi connectivity index (χ2v) is 8.57. The molecule has 0 saturated carbocycles. The van der Waals surface area contributed by atoms with Crippen molar-refractivity contribution >= 4 is 40.5 Å². The van der Waals surface area contributed by atoms with Crippen LogP contribution in [-0.2, 0) is 18.4 Å². The zero-order valence-electron chi connectivity index (χ0n) is 20.7. The minimum Gasteiger partial charge on any atom is -0.496 e. The molecule has 0 unspecified atom stereocenters. The number of aryl methyl sites for hydroxylation is 2. The van der Waals surface area contributed by atoms with Crippen molar-refractivity contribution in [3.05, 3.63) is 82.6 Å². The van der Waals surface area contributed by atoms with Gasteiger partial charge < -0.3 is 31.5 Å². The number of methoxy groups -OCH3 is 1. The van der Waals surface area contributed by atoms with E-state index in [1.54, 1.807) is 13.2 Å². The van der Waals surface area contributed by atoms with Crippen LogP contribution in [0.15, 0.2) is 60.0 Å². The normalized spacial score (nSPS) is 12.6. The van der Waals surface area contributed by atoms with Crippen LogP contribution in [0, 0.1) is 12.3 Å². The molecular formula is C26H32N6O2S. The van der Waals surface area contributed by atoms with E-state index in [4.69, 9.17) is 33.8 Å². The SMILES string of the molecule is C=C(/C=C(N)\C(C=N)=C(/C)c1nc(/C(C)=C/C(N)=S)cn1C)C(=O)NCc1ccc(C)cc1OC. The Morgan fingerprint density at radius 1 is 1.31 bits per heavy atom. The van der Waals surface area contributed by atoms with E-state index in [0.29, 0.717) is 28.4 Å². The number of hydrogen-bond acceptors (Lipinski definition) is 6. The van der Waals surface area contributed by atoms with Gasteiger partial charge in [0.2, 0.25) is 0 Å². The number of hydrogen-bond donors (Lipinski definition) is 4. The van der Waals surface area contributed by atoms with E-state index in [0.717, 1.165) is 22.9 Å². The molecule has 2 aromatic rings. The first kappa shape index (κ1) is 27.3. The van der Waals surface area contributed by atoms with Crippen LogP contribution in [0.25, 0.3) is 11.1 Å². The Hall–Kier alpha value is -3.98. The van der Waals surface area contributed by atoms with Gasteiger partial charge in [-0.05, 0) is 50.1 Å². The van der Waals surface area contributed by atoms with Crippen molar-refractivity contribution in [2.75, 3.05) is 7.11 Å². The Bertz CT molecular complexity index is 1270. The molecule has 1 amide bonds. The number of nitrogens with one attached hydrogen (secondary N) is 2. The minimum atomic E-state index is -0.379. The number of nitrogens with two attached hydrogens (primary N) is 2. The Morgan fingerprint density at radius 2 is 2.00 bits per heavy atom. The molecule has 0 aliphatic heterocycles. The van der Waals surface area contributed by atoms with E-state index in [2.05, 4.69) is 16.9 Å². The quantitative estimate of drug-likeness (QED) is 0.174. The average Bonchev–Trinajstić information content (AvgIpc) is 3.19. The predicted octanol–water partition coefficient (Wildman–Crippen LogP) is 3.56. The summed E-state index contributed by atoms with van der Waals surface area (Å²) in [5, 5.41) is 10.7. The van der Waals surface area contributed by atoms with Gasteiger partial charge in [-0.2, -0.15) is 0 Å². The van der Waals surface area contributed by atoms with Gasteiger partial charge in [-0.3, -0.25) is 4.79 Å². The molecule has 0 fully saturated rings. The van der Waals surface area contributed by atoms with E-state index < -0.39 is 0 Å². The summed E-state index contributed by atoms with van der Waals surface area (Å²) in [6.07, 6.45) is 6.10. The number of nitrogens with zero attached hydrogens (tertiary/aromatic N) is 2. The maximum atomic E-state index is 12.6. The van der Waals surface area contributed by atoms with Crippen molar-refractivity contribution in [2.24, 2.45) is 18.5 Å². The number of imidazole rings is 1. The molecule has 0 saturated heterocycles. The number of benzene rings is 1. The summed E-state index contributed by atoms with van der Waals surface area (Å²) in [5.41, 5.74) is 16.8. The maximum absolute atomic E-state index is 12.6. The summed E-state index contributed by atoms with van der Waals surface area (Å²) in [4.78, 5) is 17.5. The molecule has 2 rings (SSSR count). The zero-order chi connectivity index (χ0) is 26.3. The largest absolute Gasteiger partial charge is 0.496 e. The Morgan fingerprint density at radius 3 is 2.60 bits per heavy atom. The Balaban J connectivity index is 2.25. The first-order valence-corrected chi connectivity index (χ1v) is 11.2. The van der Waals surface area contributed by atoms with E-state index in [1.807, 2.05) is 56.8 Å². The van der Waals surface area contributed by atoms with Gasteiger partial charge in [-0.15, -0.1) is 0 Å². The van der Waals surface area contributed by atoms with Crippen LogP contribution in [-0.4, -0.2) is 33.8 Å². The highest BCUT2D eigenvalue weighted by molar-refractivity contribution is 7.80. The smallest absolute Gasteiger partial charge is 0.251 e. The number of aromatic nitrogens is 2. The fourth-order valence-electron chi connectivity index (χ4n) is 3.44. The van der Waals surface area contributed by atoms with E-state index in [9.17, 15) is 4.79 Å². The number of rotatable bonds is 10. The average molecular weight is 493 g/mol. The van der Waals surface area contributed by atoms with Crippen LogP contribution in [0.3, 0.4) is 0 Å². The predicted molar refractivity (Wildman–Crippen MR) is 146 cm³/mol. The molecule has 6 N–H and O–H groups in total. The monoisotopic (exact) mass is 492 g/mol. The number of allylic oxidation sites excluding steroid dienone is 3. The van der Waals surface area contributed by atoms with Gasteiger partial charge in [-0.1, -0.05) is 30.9 Å². The van der Waals surface area contributed by atoms with E-state index in [1.165, 1.54) is 6.08 Å². The van der Waals surface area contributed by atoms with Crippen LogP contribution in [0.2, 0.25) is 0 Å². The summed E-state index contributed by atoms with van der Waals surface area (Å²) in [6, 6.07) is 5.76. The molecule has 35 heavy (non-hydrogen) atoms. The van der Waals surface area contributed by atoms with Gasteiger partial charge in [0, 0.05) is 54.0 Å². The highest BCUT2D eigenvalue weighted by atomic mass is 32.1. The van der Waals surface area contributed by atoms with Gasteiger partial charge >= 0.3 is 0 Å². The summed E-state index contributed by atoms with van der Waals surface area (Å²) in [6.45, 7) is 9.76. The van der Waals surface area contributed by atoms with Gasteiger partial charge in [0.25, 0.3) is 5.91 Å². The van der Waals surface area contributed by atoms with E-state index in [-0.39, 0.29) is 28.7 Å². The molecule has 8 nitrogen and oxygen atoms in total. The zero-order valence-corrected chi connectivity index (χ0v) is 21.5. The highest BCUT2D eigenvalue weighted by Crippen LogP contribution is 2.23. The Labute approximate surface area is 211 Å². The van der Waals surface area contributed by atoms with Gasteiger partial charge in [0.1, 0.15) is 11.6 Å². The lowest BCUT2D eigenvalue weighted by atomic mass is 10.0. The molecule has 0 spiro atoms. The first-order chi connectivity index (χ1) is 16.5. The molecule has 0 atom stereocenters. The van der Waals surface area contributed by atoms with Crippen LogP contribution in [0.4, 0.5) is 0 Å². The van der Waals surface area contributed by atoms with Crippen molar-refractivity contribution in [3.63, 3.8) is 0 Å². The second-order valence-electron chi connectivity index (χ2n) is 8.10. The summed E-state index contributed by atoms with van der Waals surface area (Å²) >= 11 is 4.94. The van der Waals surface area contributed by atoms with Gasteiger partial charge in [0.15, 0.2) is 0 Å². The van der Waals surface area contributed by atoms with Crippen LogP contribution < -0.4 is 21.5 Å². The molecule has 0 aliphatic carbocycles. The van der Waals surface area contributed by atoms with E-state index >= 15 is 0 Å². The van der Waals surface area contributed by atoms with Crippen molar-refractivity contribution in [1.82, 2.24) is 14.9 Å². The molecule has 0 aliphatic rings. The lowest BCUT2D eigenvalue weighted by Gasteiger charge is -2.12. The molecule has 1 heterocycles. The molecule has 9 heteroatoms. The third-order valence-electron chi connectivity index (χ3n) is 5.34. The number of ether oxygens (including phenoxy) is 1. The third-order valence-corrected chi connectivity index (χ3v) is 5.46. The number of carbonyl (C=O) groups is 1. The molecule has 0 radical (unpaired) electrons. The molecule has 0 bridgehead atoms. The van der Waals surface area contributed by atoms with Gasteiger partial charge in [0.05, 0.1) is 17.8 Å². The van der Waals surface area contributed by atoms with Crippen molar-refractivity contribution in [3.8, 4) is 5.75 Å².